The van der Waals surface area contributed by atoms with Crippen molar-refractivity contribution in [3.63, 3.8) is 0 Å². The van der Waals surface area contributed by atoms with E-state index < -0.39 is 11.7 Å². The Morgan fingerprint density at radius 3 is 2.63 bits per heavy atom. The number of aromatic nitrogens is 2. The number of nitrogens with one attached hydrogen (secondary N) is 1. The second-order valence-electron chi connectivity index (χ2n) is 4.28. The van der Waals surface area contributed by atoms with Crippen molar-refractivity contribution in [2.45, 2.75) is 19.6 Å². The molecule has 0 aliphatic rings. The Kier molecular flexibility index (Phi) is 3.61. The second-order valence-corrected chi connectivity index (χ2v) is 4.28. The lowest BCUT2D eigenvalue weighted by Gasteiger charge is -2.11. The molecule has 0 spiro atoms. The van der Waals surface area contributed by atoms with Crippen molar-refractivity contribution >= 4 is 0 Å². The zero-order valence-corrected chi connectivity index (χ0v) is 10.6. The molecule has 19 heavy (non-hydrogen) atoms. The maximum absolute atomic E-state index is 12.7. The Morgan fingerprint density at radius 1 is 1.26 bits per heavy atom. The summed E-state index contributed by atoms with van der Waals surface area (Å²) in [4.78, 5) is 0. The third-order valence-corrected chi connectivity index (χ3v) is 2.79. The minimum atomic E-state index is -4.34. The molecule has 1 heterocycles. The van der Waals surface area contributed by atoms with Crippen LogP contribution in [0.1, 0.15) is 16.8 Å². The van der Waals surface area contributed by atoms with Gasteiger partial charge >= 0.3 is 6.18 Å². The molecule has 0 aliphatic heterocycles. The van der Waals surface area contributed by atoms with Crippen LogP contribution in [0.2, 0.25) is 0 Å². The summed E-state index contributed by atoms with van der Waals surface area (Å²) >= 11 is 0. The topological polar surface area (TPSA) is 29.9 Å². The zero-order chi connectivity index (χ0) is 14.0. The van der Waals surface area contributed by atoms with Crippen LogP contribution < -0.4 is 5.32 Å². The van der Waals surface area contributed by atoms with Gasteiger partial charge in [0.1, 0.15) is 0 Å². The van der Waals surface area contributed by atoms with Crippen LogP contribution >= 0.6 is 0 Å². The van der Waals surface area contributed by atoms with Crippen molar-refractivity contribution in [3.05, 3.63) is 47.3 Å². The van der Waals surface area contributed by atoms with Gasteiger partial charge < -0.3 is 5.32 Å². The maximum atomic E-state index is 12.7. The van der Waals surface area contributed by atoms with Gasteiger partial charge in [0.05, 0.1) is 16.9 Å². The first-order valence-electron chi connectivity index (χ1n) is 5.79. The van der Waals surface area contributed by atoms with Crippen LogP contribution in [-0.4, -0.2) is 16.8 Å². The third-order valence-electron chi connectivity index (χ3n) is 2.79. The van der Waals surface area contributed by atoms with E-state index in [1.165, 1.54) is 10.7 Å². The van der Waals surface area contributed by atoms with E-state index in [9.17, 15) is 13.2 Å². The third kappa shape index (κ3) is 2.96. The van der Waals surface area contributed by atoms with Gasteiger partial charge in [-0.05, 0) is 37.7 Å². The molecule has 102 valence electrons. The van der Waals surface area contributed by atoms with Gasteiger partial charge in [0.25, 0.3) is 0 Å². The quantitative estimate of drug-likeness (QED) is 0.928. The van der Waals surface area contributed by atoms with Gasteiger partial charge in [-0.15, -0.1) is 0 Å². The Balaban J connectivity index is 2.42. The first kappa shape index (κ1) is 13.6. The molecule has 6 heteroatoms. The van der Waals surface area contributed by atoms with Crippen LogP contribution in [0.3, 0.4) is 0 Å². The predicted molar refractivity (Wildman–Crippen MR) is 66.1 cm³/mol. The summed E-state index contributed by atoms with van der Waals surface area (Å²) in [6.07, 6.45) is -2.68. The highest BCUT2D eigenvalue weighted by Gasteiger charge is 2.31. The fourth-order valence-corrected chi connectivity index (χ4v) is 1.80. The van der Waals surface area contributed by atoms with Gasteiger partial charge in [0.2, 0.25) is 0 Å². The fraction of sp³-hybridized carbons (Fsp3) is 0.308. The molecule has 1 aromatic heterocycles. The molecule has 0 saturated carbocycles. The minimum Gasteiger partial charge on any atom is -0.314 e. The molecule has 0 saturated heterocycles. The van der Waals surface area contributed by atoms with Crippen LogP contribution in [0, 0.1) is 6.92 Å². The van der Waals surface area contributed by atoms with Crippen molar-refractivity contribution in [3.8, 4) is 5.69 Å². The average molecular weight is 269 g/mol. The van der Waals surface area contributed by atoms with Gasteiger partial charge in [-0.2, -0.15) is 18.3 Å². The number of nitrogens with zero attached hydrogens (tertiary/aromatic N) is 2. The number of hydrogen-bond donors (Lipinski definition) is 1. The second kappa shape index (κ2) is 5.05. The van der Waals surface area contributed by atoms with E-state index in [1.807, 2.05) is 0 Å². The maximum Gasteiger partial charge on any atom is 0.416 e. The molecule has 2 aromatic rings. The van der Waals surface area contributed by atoms with Crippen LogP contribution in [0.5, 0.6) is 0 Å². The summed E-state index contributed by atoms with van der Waals surface area (Å²) in [7, 11) is 1.79. The normalized spacial score (nSPS) is 11.8. The highest BCUT2D eigenvalue weighted by atomic mass is 19.4. The van der Waals surface area contributed by atoms with Crippen LogP contribution in [0.15, 0.2) is 30.5 Å². The fourth-order valence-electron chi connectivity index (χ4n) is 1.80. The number of hydrogen-bond acceptors (Lipinski definition) is 2. The van der Waals surface area contributed by atoms with Crippen molar-refractivity contribution in [1.82, 2.24) is 15.1 Å². The number of benzene rings is 1. The van der Waals surface area contributed by atoms with Crippen molar-refractivity contribution in [2.75, 3.05) is 7.05 Å². The molecule has 0 unspecified atom stereocenters. The first-order valence-corrected chi connectivity index (χ1v) is 5.79. The lowest BCUT2D eigenvalue weighted by atomic mass is 10.1. The number of rotatable bonds is 3. The van der Waals surface area contributed by atoms with E-state index in [0.29, 0.717) is 12.2 Å². The van der Waals surface area contributed by atoms with E-state index in [2.05, 4.69) is 10.4 Å². The summed E-state index contributed by atoms with van der Waals surface area (Å²) in [5.74, 6) is 0. The van der Waals surface area contributed by atoms with E-state index >= 15 is 0 Å². The first-order chi connectivity index (χ1) is 8.91. The Labute approximate surface area is 109 Å². The summed E-state index contributed by atoms with van der Waals surface area (Å²) in [5, 5.41) is 7.18. The SMILES string of the molecule is CNCc1ccn(-c2cc(C(F)(F)F)ccc2C)n1. The molecule has 0 bridgehead atoms. The van der Waals surface area contributed by atoms with Gasteiger partial charge in [-0.25, -0.2) is 4.68 Å². The number of aryl methyl sites for hydroxylation is 1. The summed E-state index contributed by atoms with van der Waals surface area (Å²) in [5.41, 5.74) is 1.29. The minimum absolute atomic E-state index is 0.442. The van der Waals surface area contributed by atoms with Crippen LogP contribution in [0.25, 0.3) is 5.69 Å². The molecule has 0 radical (unpaired) electrons. The number of halogens is 3. The summed E-state index contributed by atoms with van der Waals surface area (Å²) < 4.78 is 39.6. The van der Waals surface area contributed by atoms with Gasteiger partial charge in [-0.1, -0.05) is 6.07 Å². The van der Waals surface area contributed by atoms with E-state index in [-0.39, 0.29) is 0 Å². The smallest absolute Gasteiger partial charge is 0.314 e. The molecule has 0 atom stereocenters. The lowest BCUT2D eigenvalue weighted by molar-refractivity contribution is -0.137. The Bertz CT molecular complexity index is 573. The van der Waals surface area contributed by atoms with E-state index in [1.54, 1.807) is 26.2 Å². The molecule has 0 amide bonds. The molecule has 0 fully saturated rings. The van der Waals surface area contributed by atoms with Crippen LogP contribution in [-0.2, 0) is 12.7 Å². The molecular weight excluding hydrogens is 255 g/mol. The molecular formula is C13H14F3N3. The molecule has 1 N–H and O–H groups in total. The molecule has 1 aromatic carbocycles. The highest BCUT2D eigenvalue weighted by molar-refractivity contribution is 5.43. The molecule has 0 aliphatic carbocycles. The van der Waals surface area contributed by atoms with E-state index in [0.717, 1.165) is 23.4 Å². The van der Waals surface area contributed by atoms with Gasteiger partial charge in [0, 0.05) is 12.7 Å². The predicted octanol–water partition coefficient (Wildman–Crippen LogP) is 2.92. The standard InChI is InChI=1S/C13H14F3N3/c1-9-3-4-10(13(14,15)16)7-12(9)19-6-5-11(18-19)8-17-2/h3-7,17H,8H2,1-2H3. The van der Waals surface area contributed by atoms with Crippen molar-refractivity contribution < 1.29 is 13.2 Å². The van der Waals surface area contributed by atoms with Gasteiger partial charge in [0.15, 0.2) is 0 Å². The Hall–Kier alpha value is -1.82. The monoisotopic (exact) mass is 269 g/mol. The molecule has 2 rings (SSSR count). The van der Waals surface area contributed by atoms with Crippen molar-refractivity contribution in [1.29, 1.82) is 0 Å². The van der Waals surface area contributed by atoms with Crippen LogP contribution in [0.4, 0.5) is 13.2 Å². The Morgan fingerprint density at radius 2 is 2.00 bits per heavy atom. The highest BCUT2D eigenvalue weighted by Crippen LogP contribution is 2.31. The van der Waals surface area contributed by atoms with Crippen molar-refractivity contribution in [2.24, 2.45) is 0 Å². The lowest BCUT2D eigenvalue weighted by Crippen LogP contribution is -2.09. The number of alkyl halides is 3. The summed E-state index contributed by atoms with van der Waals surface area (Å²) in [6.45, 7) is 2.33. The van der Waals surface area contributed by atoms with E-state index in [4.69, 9.17) is 0 Å². The zero-order valence-electron chi connectivity index (χ0n) is 10.6. The van der Waals surface area contributed by atoms with Gasteiger partial charge in [-0.3, -0.25) is 0 Å². The summed E-state index contributed by atoms with van der Waals surface area (Å²) in [6, 6.07) is 5.43. The largest absolute Gasteiger partial charge is 0.416 e. The average Bonchev–Trinajstić information content (AvgIpc) is 2.77. The molecule has 3 nitrogen and oxygen atoms in total.